The van der Waals surface area contributed by atoms with Gasteiger partial charge in [-0.05, 0) is 64.8 Å². The van der Waals surface area contributed by atoms with Gasteiger partial charge in [-0.2, -0.15) is 0 Å². The average Bonchev–Trinajstić information content (AvgIpc) is 3.09. The van der Waals surface area contributed by atoms with Crippen molar-refractivity contribution in [1.82, 2.24) is 5.43 Å². The number of hydrazine groups is 1. The molecule has 0 bridgehead atoms. The highest BCUT2D eigenvalue weighted by Gasteiger charge is 2.34. The van der Waals surface area contributed by atoms with E-state index in [0.717, 1.165) is 0 Å². The monoisotopic (exact) mass is 510 g/mol. The van der Waals surface area contributed by atoms with Crippen LogP contribution >= 0.6 is 15.9 Å². The van der Waals surface area contributed by atoms with Crippen LogP contribution in [0.3, 0.4) is 0 Å². The molecule has 0 unspecified atom stereocenters. The molecule has 0 radical (unpaired) electrons. The third kappa shape index (κ3) is 4.90. The molecule has 8 heteroatoms. The number of amides is 2. The highest BCUT2D eigenvalue weighted by Crippen LogP contribution is 2.38. The summed E-state index contributed by atoms with van der Waals surface area (Å²) in [6, 6.07) is 18.6. The van der Waals surface area contributed by atoms with Gasteiger partial charge in [0.25, 0.3) is 11.8 Å². The van der Waals surface area contributed by atoms with Crippen LogP contribution in [0.5, 0.6) is 11.5 Å². The first-order valence-corrected chi connectivity index (χ1v) is 11.0. The van der Waals surface area contributed by atoms with E-state index >= 15 is 0 Å². The summed E-state index contributed by atoms with van der Waals surface area (Å²) in [6.45, 7) is 2.20. The number of nitrogens with zero attached hydrogens (tertiary/aromatic N) is 1. The molecule has 1 aliphatic heterocycles. The maximum absolute atomic E-state index is 14.0. The summed E-state index contributed by atoms with van der Waals surface area (Å²) < 4.78 is 26.1. The quantitative estimate of drug-likeness (QED) is 0.357. The van der Waals surface area contributed by atoms with Gasteiger partial charge in [0.1, 0.15) is 18.0 Å². The second-order valence-electron chi connectivity index (χ2n) is 7.12. The normalized spacial score (nSPS) is 14.5. The Morgan fingerprint density at radius 2 is 1.76 bits per heavy atom. The minimum absolute atomic E-state index is 0.00627. The fraction of sp³-hybridized carbons (Fsp3) is 0.120. The lowest BCUT2D eigenvalue weighted by Gasteiger charge is -2.15. The van der Waals surface area contributed by atoms with E-state index in [0.29, 0.717) is 39.4 Å². The predicted octanol–water partition coefficient (Wildman–Crippen LogP) is 5.03. The number of ether oxygens (including phenoxy) is 2. The van der Waals surface area contributed by atoms with Gasteiger partial charge in [-0.3, -0.25) is 15.0 Å². The summed E-state index contributed by atoms with van der Waals surface area (Å²) >= 11 is 3.46. The van der Waals surface area contributed by atoms with Crippen molar-refractivity contribution in [3.63, 3.8) is 0 Å². The lowest BCUT2D eigenvalue weighted by Crippen LogP contribution is -2.35. The number of hydrogen-bond donors (Lipinski definition) is 1. The van der Waals surface area contributed by atoms with Crippen LogP contribution in [0, 0.1) is 5.82 Å². The Hall–Kier alpha value is -3.65. The zero-order chi connectivity index (χ0) is 23.4. The molecule has 3 aromatic rings. The summed E-state index contributed by atoms with van der Waals surface area (Å²) in [5, 5.41) is 1.21. The third-order valence-electron chi connectivity index (χ3n) is 4.88. The second-order valence-corrected chi connectivity index (χ2v) is 7.97. The Balaban J connectivity index is 1.62. The van der Waals surface area contributed by atoms with Crippen LogP contribution in [0.25, 0.3) is 6.08 Å². The second kappa shape index (κ2) is 9.87. The molecule has 6 nitrogen and oxygen atoms in total. The summed E-state index contributed by atoms with van der Waals surface area (Å²) in [7, 11) is 0. The molecule has 1 N–H and O–H groups in total. The van der Waals surface area contributed by atoms with Crippen molar-refractivity contribution < 1.29 is 23.5 Å². The first-order valence-electron chi connectivity index (χ1n) is 10.2. The van der Waals surface area contributed by atoms with Crippen LogP contribution in [-0.2, 0) is 16.2 Å². The van der Waals surface area contributed by atoms with Crippen LogP contribution < -0.4 is 19.9 Å². The van der Waals surface area contributed by atoms with Gasteiger partial charge in [0, 0.05) is 5.56 Å². The number of halogens is 2. The molecule has 3 aromatic carbocycles. The molecule has 168 valence electrons. The van der Waals surface area contributed by atoms with E-state index in [9.17, 15) is 14.0 Å². The molecular formula is C25H20BrFN2O4. The van der Waals surface area contributed by atoms with Crippen molar-refractivity contribution in [3.05, 3.63) is 93.7 Å². The van der Waals surface area contributed by atoms with Crippen molar-refractivity contribution in [2.24, 2.45) is 0 Å². The van der Waals surface area contributed by atoms with Crippen LogP contribution in [-0.4, -0.2) is 18.4 Å². The molecule has 0 saturated carbocycles. The van der Waals surface area contributed by atoms with Crippen LogP contribution in [0.2, 0.25) is 0 Å². The predicted molar refractivity (Wildman–Crippen MR) is 126 cm³/mol. The molecule has 1 heterocycles. The third-order valence-corrected chi connectivity index (χ3v) is 5.47. The van der Waals surface area contributed by atoms with Gasteiger partial charge in [0.2, 0.25) is 0 Å². The standard InChI is InChI=1S/C25H20BrFN2O4/c1-2-32-22-14-16(13-20(26)23(22)33-15-17-8-6-7-11-21(17)27)12-19-24(30)28-29(25(19)31)18-9-4-3-5-10-18/h3-14H,2,15H2,1H3,(H,28,30)/b19-12-. The maximum Gasteiger partial charge on any atom is 0.282 e. The minimum Gasteiger partial charge on any atom is -0.490 e. The van der Waals surface area contributed by atoms with E-state index in [1.165, 1.54) is 17.2 Å². The fourth-order valence-electron chi connectivity index (χ4n) is 3.32. The Morgan fingerprint density at radius 1 is 1.03 bits per heavy atom. The molecule has 0 spiro atoms. The summed E-state index contributed by atoms with van der Waals surface area (Å²) in [5.41, 5.74) is 4.11. The Labute approximate surface area is 198 Å². The molecule has 1 fully saturated rings. The van der Waals surface area contributed by atoms with Gasteiger partial charge in [0.05, 0.1) is 16.8 Å². The smallest absolute Gasteiger partial charge is 0.282 e. The Kier molecular flexibility index (Phi) is 6.74. The number of carbonyl (C=O) groups is 2. The van der Waals surface area contributed by atoms with E-state index in [1.807, 2.05) is 13.0 Å². The first-order chi connectivity index (χ1) is 16.0. The van der Waals surface area contributed by atoms with Gasteiger partial charge in [-0.15, -0.1) is 0 Å². The SMILES string of the molecule is CCOc1cc(/C=C2/C(=O)NN(c3ccccc3)C2=O)cc(Br)c1OCc1ccccc1F. The fourth-order valence-corrected chi connectivity index (χ4v) is 3.90. The number of nitrogens with one attached hydrogen (secondary N) is 1. The van der Waals surface area contributed by atoms with E-state index < -0.39 is 11.8 Å². The molecule has 0 aliphatic carbocycles. The van der Waals surface area contributed by atoms with E-state index in [-0.39, 0.29) is 18.0 Å². The highest BCUT2D eigenvalue weighted by molar-refractivity contribution is 9.10. The van der Waals surface area contributed by atoms with Crippen LogP contribution in [0.4, 0.5) is 10.1 Å². The number of hydrogen-bond acceptors (Lipinski definition) is 4. The Morgan fingerprint density at radius 3 is 2.48 bits per heavy atom. The summed E-state index contributed by atoms with van der Waals surface area (Å²) in [6.07, 6.45) is 1.49. The Bertz CT molecular complexity index is 1230. The number of rotatable bonds is 7. The zero-order valence-electron chi connectivity index (χ0n) is 17.7. The zero-order valence-corrected chi connectivity index (χ0v) is 19.3. The van der Waals surface area contributed by atoms with Gasteiger partial charge < -0.3 is 9.47 Å². The topological polar surface area (TPSA) is 67.9 Å². The maximum atomic E-state index is 14.0. The number of anilines is 1. The first kappa shape index (κ1) is 22.5. The number of para-hydroxylation sites is 1. The molecule has 1 aliphatic rings. The van der Waals surface area contributed by atoms with Gasteiger partial charge in [0.15, 0.2) is 11.5 Å². The summed E-state index contributed by atoms with van der Waals surface area (Å²) in [4.78, 5) is 25.3. The average molecular weight is 511 g/mol. The molecule has 4 rings (SSSR count). The van der Waals surface area contributed by atoms with Gasteiger partial charge in [-0.1, -0.05) is 36.4 Å². The molecule has 0 atom stereocenters. The van der Waals surface area contributed by atoms with Crippen molar-refractivity contribution in [2.75, 3.05) is 11.6 Å². The van der Waals surface area contributed by atoms with Crippen molar-refractivity contribution in [2.45, 2.75) is 13.5 Å². The molecular weight excluding hydrogens is 491 g/mol. The highest BCUT2D eigenvalue weighted by atomic mass is 79.9. The van der Waals surface area contributed by atoms with Crippen LogP contribution in [0.15, 0.2) is 76.8 Å². The van der Waals surface area contributed by atoms with E-state index in [4.69, 9.17) is 9.47 Å². The van der Waals surface area contributed by atoms with Gasteiger partial charge >= 0.3 is 0 Å². The molecule has 33 heavy (non-hydrogen) atoms. The van der Waals surface area contributed by atoms with E-state index in [2.05, 4.69) is 21.4 Å². The van der Waals surface area contributed by atoms with Crippen LogP contribution in [0.1, 0.15) is 18.1 Å². The van der Waals surface area contributed by atoms with Crippen molar-refractivity contribution in [3.8, 4) is 11.5 Å². The van der Waals surface area contributed by atoms with E-state index in [1.54, 1.807) is 54.6 Å². The number of benzene rings is 3. The summed E-state index contributed by atoms with van der Waals surface area (Å²) in [5.74, 6) is -0.518. The van der Waals surface area contributed by atoms with Crippen molar-refractivity contribution >= 4 is 39.5 Å². The van der Waals surface area contributed by atoms with Gasteiger partial charge in [-0.25, -0.2) is 9.40 Å². The molecule has 0 aromatic heterocycles. The molecule has 2 amide bonds. The van der Waals surface area contributed by atoms with Crippen molar-refractivity contribution in [1.29, 1.82) is 0 Å². The molecule has 1 saturated heterocycles. The lowest BCUT2D eigenvalue weighted by molar-refractivity contribution is -0.117. The number of carbonyl (C=O) groups excluding carboxylic acids is 2. The lowest BCUT2D eigenvalue weighted by atomic mass is 10.1. The largest absolute Gasteiger partial charge is 0.490 e. The minimum atomic E-state index is -0.502.